The van der Waals surface area contributed by atoms with Crippen molar-refractivity contribution in [2.45, 2.75) is 19.0 Å². The van der Waals surface area contributed by atoms with Gasteiger partial charge < -0.3 is 24.8 Å². The van der Waals surface area contributed by atoms with Crippen molar-refractivity contribution in [2.24, 2.45) is 0 Å². The Morgan fingerprint density at radius 1 is 1.32 bits per heavy atom. The number of nitrogens with one attached hydrogen (secondary N) is 2. The molecule has 25 heavy (non-hydrogen) atoms. The summed E-state index contributed by atoms with van der Waals surface area (Å²) < 4.78 is 16.1. The lowest BCUT2D eigenvalue weighted by atomic mass is 10.0. The molecule has 3 rings (SSSR count). The number of methoxy groups -OCH3 is 2. The lowest BCUT2D eigenvalue weighted by Gasteiger charge is -2.26. The molecule has 2 heterocycles. The number of aromatic nitrogens is 1. The Kier molecular flexibility index (Phi) is 5.23. The molecule has 0 unspecified atom stereocenters. The molecule has 0 bridgehead atoms. The summed E-state index contributed by atoms with van der Waals surface area (Å²) in [6, 6.07) is 9.03. The second-order valence-corrected chi connectivity index (χ2v) is 5.68. The van der Waals surface area contributed by atoms with E-state index in [1.165, 1.54) is 0 Å². The first-order chi connectivity index (χ1) is 12.2. The van der Waals surface area contributed by atoms with Crippen molar-refractivity contribution in [1.29, 1.82) is 0 Å². The minimum absolute atomic E-state index is 0.0864. The van der Waals surface area contributed by atoms with Crippen molar-refractivity contribution in [2.75, 3.05) is 20.8 Å². The minimum atomic E-state index is -0.253. The van der Waals surface area contributed by atoms with E-state index in [-0.39, 0.29) is 12.1 Å². The van der Waals surface area contributed by atoms with E-state index in [4.69, 9.17) is 14.2 Å². The standard InChI is InChI=1S/C18H21N3O4/c1-23-15-6-5-12-8-14(11-25-16(12)9-15)21-18(22)20-10-13-4-3-7-19-17(13)24-2/h3-7,9,14H,8,10-11H2,1-2H3,(H2,20,21,22)/t14-/m0/s1. The summed E-state index contributed by atoms with van der Waals surface area (Å²) in [6.07, 6.45) is 2.36. The van der Waals surface area contributed by atoms with Crippen LogP contribution in [0.3, 0.4) is 0 Å². The number of ether oxygens (including phenoxy) is 3. The Bertz CT molecular complexity index is 751. The van der Waals surface area contributed by atoms with E-state index in [2.05, 4.69) is 15.6 Å². The number of benzene rings is 1. The Balaban J connectivity index is 1.53. The van der Waals surface area contributed by atoms with Crippen molar-refractivity contribution in [3.8, 4) is 17.4 Å². The number of urea groups is 1. The molecule has 7 heteroatoms. The van der Waals surface area contributed by atoms with Crippen molar-refractivity contribution in [3.05, 3.63) is 47.7 Å². The Hall–Kier alpha value is -2.96. The van der Waals surface area contributed by atoms with Crippen LogP contribution in [-0.2, 0) is 13.0 Å². The van der Waals surface area contributed by atoms with Crippen LogP contribution in [0.25, 0.3) is 0 Å². The molecule has 0 saturated carbocycles. The third-order valence-electron chi connectivity index (χ3n) is 4.00. The molecule has 2 amide bonds. The van der Waals surface area contributed by atoms with Gasteiger partial charge >= 0.3 is 6.03 Å². The SMILES string of the molecule is COc1ccc2c(c1)OC[C@@H](NC(=O)NCc1cccnc1OC)C2. The molecule has 1 aromatic carbocycles. The summed E-state index contributed by atoms with van der Waals surface area (Å²) in [7, 11) is 3.17. The smallest absolute Gasteiger partial charge is 0.315 e. The van der Waals surface area contributed by atoms with Gasteiger partial charge in [0.2, 0.25) is 5.88 Å². The number of hydrogen-bond donors (Lipinski definition) is 2. The highest BCUT2D eigenvalue weighted by molar-refractivity contribution is 5.74. The van der Waals surface area contributed by atoms with Gasteiger partial charge in [0, 0.05) is 24.4 Å². The van der Waals surface area contributed by atoms with E-state index in [0.717, 1.165) is 22.6 Å². The maximum Gasteiger partial charge on any atom is 0.315 e. The first-order valence-electron chi connectivity index (χ1n) is 8.01. The molecule has 1 atom stereocenters. The lowest BCUT2D eigenvalue weighted by molar-refractivity contribution is 0.213. The molecule has 0 spiro atoms. The zero-order valence-electron chi connectivity index (χ0n) is 14.2. The van der Waals surface area contributed by atoms with Gasteiger partial charge in [0.25, 0.3) is 0 Å². The molecule has 2 N–H and O–H groups in total. The van der Waals surface area contributed by atoms with Crippen LogP contribution in [0.4, 0.5) is 4.79 Å². The van der Waals surface area contributed by atoms with E-state index in [1.807, 2.05) is 24.3 Å². The predicted octanol–water partition coefficient (Wildman–Crippen LogP) is 1.90. The zero-order valence-corrected chi connectivity index (χ0v) is 14.2. The van der Waals surface area contributed by atoms with Crippen LogP contribution in [-0.4, -0.2) is 37.9 Å². The highest BCUT2D eigenvalue weighted by Gasteiger charge is 2.22. The number of carbonyl (C=O) groups is 1. The molecule has 1 aromatic heterocycles. The topological polar surface area (TPSA) is 81.7 Å². The third kappa shape index (κ3) is 4.12. The monoisotopic (exact) mass is 343 g/mol. The first-order valence-corrected chi connectivity index (χ1v) is 8.01. The second kappa shape index (κ2) is 7.74. The average molecular weight is 343 g/mol. The fourth-order valence-corrected chi connectivity index (χ4v) is 2.73. The molecule has 0 aliphatic carbocycles. The van der Waals surface area contributed by atoms with Crippen LogP contribution >= 0.6 is 0 Å². The molecule has 1 aliphatic heterocycles. The predicted molar refractivity (Wildman–Crippen MR) is 92.1 cm³/mol. The number of nitrogens with zero attached hydrogens (tertiary/aromatic N) is 1. The lowest BCUT2D eigenvalue weighted by Crippen LogP contribution is -2.47. The van der Waals surface area contributed by atoms with Crippen LogP contribution in [0.15, 0.2) is 36.5 Å². The normalized spacial score (nSPS) is 15.5. The van der Waals surface area contributed by atoms with Gasteiger partial charge in [0.15, 0.2) is 0 Å². The summed E-state index contributed by atoms with van der Waals surface area (Å²) in [5.41, 5.74) is 1.86. The van der Waals surface area contributed by atoms with Gasteiger partial charge in [-0.1, -0.05) is 12.1 Å². The number of rotatable bonds is 5. The van der Waals surface area contributed by atoms with E-state index in [1.54, 1.807) is 26.5 Å². The fourth-order valence-electron chi connectivity index (χ4n) is 2.73. The molecule has 1 aliphatic rings. The quantitative estimate of drug-likeness (QED) is 0.867. The Labute approximate surface area is 146 Å². The van der Waals surface area contributed by atoms with Crippen LogP contribution in [0.1, 0.15) is 11.1 Å². The van der Waals surface area contributed by atoms with E-state index in [9.17, 15) is 4.79 Å². The van der Waals surface area contributed by atoms with Gasteiger partial charge in [-0.3, -0.25) is 0 Å². The largest absolute Gasteiger partial charge is 0.497 e. The highest BCUT2D eigenvalue weighted by Crippen LogP contribution is 2.29. The number of amides is 2. The second-order valence-electron chi connectivity index (χ2n) is 5.68. The summed E-state index contributed by atoms with van der Waals surface area (Å²) in [6.45, 7) is 0.758. The van der Waals surface area contributed by atoms with Gasteiger partial charge in [0.1, 0.15) is 18.1 Å². The van der Waals surface area contributed by atoms with Crippen LogP contribution < -0.4 is 24.8 Å². The molecule has 0 saturated heterocycles. The summed E-state index contributed by atoms with van der Waals surface area (Å²) in [4.78, 5) is 16.2. The van der Waals surface area contributed by atoms with Gasteiger partial charge in [-0.05, 0) is 24.1 Å². The Morgan fingerprint density at radius 2 is 2.20 bits per heavy atom. The average Bonchev–Trinajstić information content (AvgIpc) is 2.66. The highest BCUT2D eigenvalue weighted by atomic mass is 16.5. The van der Waals surface area contributed by atoms with E-state index >= 15 is 0 Å². The van der Waals surface area contributed by atoms with Gasteiger partial charge in [0.05, 0.1) is 20.3 Å². The molecule has 7 nitrogen and oxygen atoms in total. The minimum Gasteiger partial charge on any atom is -0.497 e. The van der Waals surface area contributed by atoms with E-state index in [0.29, 0.717) is 25.5 Å². The molecule has 132 valence electrons. The molecule has 0 radical (unpaired) electrons. The first kappa shape index (κ1) is 16.9. The molecular formula is C18H21N3O4. The van der Waals surface area contributed by atoms with Crippen LogP contribution in [0, 0.1) is 0 Å². The van der Waals surface area contributed by atoms with E-state index < -0.39 is 0 Å². The summed E-state index contributed by atoms with van der Waals surface area (Å²) >= 11 is 0. The molecule has 0 fully saturated rings. The maximum atomic E-state index is 12.1. The van der Waals surface area contributed by atoms with Crippen molar-refractivity contribution < 1.29 is 19.0 Å². The van der Waals surface area contributed by atoms with Crippen molar-refractivity contribution in [3.63, 3.8) is 0 Å². The van der Waals surface area contributed by atoms with Crippen LogP contribution in [0.5, 0.6) is 17.4 Å². The molecule has 2 aromatic rings. The number of fused-ring (bicyclic) bond motifs is 1. The maximum absolute atomic E-state index is 12.1. The van der Waals surface area contributed by atoms with Crippen molar-refractivity contribution in [1.82, 2.24) is 15.6 Å². The van der Waals surface area contributed by atoms with Gasteiger partial charge in [-0.2, -0.15) is 0 Å². The number of hydrogen-bond acceptors (Lipinski definition) is 5. The van der Waals surface area contributed by atoms with Crippen molar-refractivity contribution >= 4 is 6.03 Å². The Morgan fingerprint density at radius 3 is 3.00 bits per heavy atom. The zero-order chi connectivity index (χ0) is 17.6. The molecular weight excluding hydrogens is 322 g/mol. The summed E-state index contributed by atoms with van der Waals surface area (Å²) in [5.74, 6) is 2.07. The summed E-state index contributed by atoms with van der Waals surface area (Å²) in [5, 5.41) is 5.75. The van der Waals surface area contributed by atoms with Crippen LogP contribution in [0.2, 0.25) is 0 Å². The van der Waals surface area contributed by atoms with Gasteiger partial charge in [-0.25, -0.2) is 9.78 Å². The third-order valence-corrected chi connectivity index (χ3v) is 4.00. The number of pyridine rings is 1. The number of carbonyl (C=O) groups excluding carboxylic acids is 1. The van der Waals surface area contributed by atoms with Gasteiger partial charge in [-0.15, -0.1) is 0 Å². The fraction of sp³-hybridized carbons (Fsp3) is 0.333.